The average molecular weight is 351 g/mol. The van der Waals surface area contributed by atoms with Gasteiger partial charge in [0.2, 0.25) is 10.0 Å². The molecule has 6 nitrogen and oxygen atoms in total. The molecular formula is C17H25N3O3S. The first-order valence-electron chi connectivity index (χ1n) is 8.66. The molecule has 7 heteroatoms. The van der Waals surface area contributed by atoms with Crippen LogP contribution in [0.25, 0.3) is 0 Å². The second-order valence-corrected chi connectivity index (χ2v) is 8.51. The highest BCUT2D eigenvalue weighted by molar-refractivity contribution is 7.89. The van der Waals surface area contributed by atoms with E-state index in [-0.39, 0.29) is 10.8 Å². The summed E-state index contributed by atoms with van der Waals surface area (Å²) in [7, 11) is -3.46. The van der Waals surface area contributed by atoms with Crippen LogP contribution in [-0.4, -0.2) is 51.4 Å². The molecule has 0 aliphatic carbocycles. The molecule has 0 radical (unpaired) electrons. The maximum Gasteiger partial charge on any atom is 0.251 e. The summed E-state index contributed by atoms with van der Waals surface area (Å²) < 4.78 is 27.0. The van der Waals surface area contributed by atoms with Crippen molar-refractivity contribution in [1.82, 2.24) is 14.9 Å². The van der Waals surface area contributed by atoms with E-state index in [9.17, 15) is 13.2 Å². The molecule has 2 heterocycles. The lowest BCUT2D eigenvalue weighted by atomic mass is 10.0. The van der Waals surface area contributed by atoms with Gasteiger partial charge in [-0.15, -0.1) is 0 Å². The number of amides is 1. The number of sulfonamides is 1. The zero-order valence-corrected chi connectivity index (χ0v) is 14.6. The van der Waals surface area contributed by atoms with Crippen molar-refractivity contribution in [3.63, 3.8) is 0 Å². The van der Waals surface area contributed by atoms with Crippen LogP contribution >= 0.6 is 0 Å². The normalized spacial score (nSPS) is 20.2. The number of carbonyl (C=O) groups is 1. The summed E-state index contributed by atoms with van der Waals surface area (Å²) in [6.45, 7) is 3.69. The van der Waals surface area contributed by atoms with Gasteiger partial charge in [-0.1, -0.05) is 12.8 Å². The van der Waals surface area contributed by atoms with Crippen LogP contribution in [-0.2, 0) is 10.0 Å². The second kappa shape index (κ2) is 7.63. The van der Waals surface area contributed by atoms with Crippen molar-refractivity contribution < 1.29 is 13.2 Å². The lowest BCUT2D eigenvalue weighted by Crippen LogP contribution is -2.48. The zero-order valence-electron chi connectivity index (χ0n) is 13.8. The summed E-state index contributed by atoms with van der Waals surface area (Å²) in [5.41, 5.74) is 0.497. The Labute approximate surface area is 143 Å². The number of nitrogens with one attached hydrogen (secondary N) is 2. The maximum atomic E-state index is 12.7. The first-order valence-corrected chi connectivity index (χ1v) is 10.1. The van der Waals surface area contributed by atoms with Crippen molar-refractivity contribution in [2.24, 2.45) is 5.92 Å². The van der Waals surface area contributed by atoms with Crippen LogP contribution in [0.15, 0.2) is 29.2 Å². The number of nitrogens with zero attached hydrogens (tertiary/aromatic N) is 1. The highest BCUT2D eigenvalue weighted by Crippen LogP contribution is 2.20. The smallest absolute Gasteiger partial charge is 0.251 e. The Morgan fingerprint density at radius 2 is 1.71 bits per heavy atom. The summed E-state index contributed by atoms with van der Waals surface area (Å²) in [6.07, 6.45) is 3.99. The van der Waals surface area contributed by atoms with Gasteiger partial charge in [0.1, 0.15) is 0 Å². The first-order chi connectivity index (χ1) is 11.6. The van der Waals surface area contributed by atoms with Crippen molar-refractivity contribution in [3.8, 4) is 0 Å². The standard InChI is InChI=1S/C17H25N3O3S/c21-17(19-13-14-11-18-12-14)15-5-7-16(8-6-15)24(22,23)20-9-3-1-2-4-10-20/h5-8,14,18H,1-4,9-13H2,(H,19,21). The van der Waals surface area contributed by atoms with Crippen molar-refractivity contribution in [1.29, 1.82) is 0 Å². The molecule has 1 aromatic carbocycles. The third-order valence-corrected chi connectivity index (χ3v) is 6.65. The molecule has 2 saturated heterocycles. The average Bonchev–Trinajstić information content (AvgIpc) is 2.83. The third kappa shape index (κ3) is 3.96. The predicted molar refractivity (Wildman–Crippen MR) is 92.4 cm³/mol. The minimum absolute atomic E-state index is 0.152. The lowest BCUT2D eigenvalue weighted by Gasteiger charge is -2.27. The molecule has 1 amide bonds. The fourth-order valence-electron chi connectivity index (χ4n) is 3.04. The number of rotatable bonds is 5. The summed E-state index contributed by atoms with van der Waals surface area (Å²) in [4.78, 5) is 12.4. The molecule has 24 heavy (non-hydrogen) atoms. The van der Waals surface area contributed by atoms with E-state index >= 15 is 0 Å². The molecule has 3 rings (SSSR count). The van der Waals surface area contributed by atoms with Crippen LogP contribution in [0, 0.1) is 5.92 Å². The Hall–Kier alpha value is -1.44. The van der Waals surface area contributed by atoms with Gasteiger partial charge in [0.25, 0.3) is 5.91 Å². The van der Waals surface area contributed by atoms with Gasteiger partial charge in [-0.3, -0.25) is 4.79 Å². The predicted octanol–water partition coefficient (Wildman–Crippen LogP) is 1.20. The van der Waals surface area contributed by atoms with Gasteiger partial charge in [0.05, 0.1) is 4.90 Å². The third-order valence-electron chi connectivity index (χ3n) is 4.74. The van der Waals surface area contributed by atoms with E-state index in [0.29, 0.717) is 31.1 Å². The molecule has 2 aliphatic heterocycles. The highest BCUT2D eigenvalue weighted by atomic mass is 32.2. The summed E-state index contributed by atoms with van der Waals surface area (Å²) in [5, 5.41) is 6.05. The quantitative estimate of drug-likeness (QED) is 0.836. The van der Waals surface area contributed by atoms with E-state index in [1.807, 2.05) is 0 Å². The molecule has 0 unspecified atom stereocenters. The van der Waals surface area contributed by atoms with Crippen molar-refractivity contribution in [3.05, 3.63) is 29.8 Å². The minimum Gasteiger partial charge on any atom is -0.352 e. The second-order valence-electron chi connectivity index (χ2n) is 6.58. The SMILES string of the molecule is O=C(NCC1CNC1)c1ccc(S(=O)(=O)N2CCCCCC2)cc1. The topological polar surface area (TPSA) is 78.5 Å². The Bertz CT molecular complexity index is 661. The van der Waals surface area contributed by atoms with Crippen LogP contribution in [0.3, 0.4) is 0 Å². The Balaban J connectivity index is 1.65. The van der Waals surface area contributed by atoms with Gasteiger partial charge in [-0.05, 0) is 37.1 Å². The zero-order chi connectivity index (χ0) is 17.0. The number of hydrogen-bond acceptors (Lipinski definition) is 4. The van der Waals surface area contributed by atoms with Gasteiger partial charge in [0, 0.05) is 44.2 Å². The molecule has 2 N–H and O–H groups in total. The van der Waals surface area contributed by atoms with E-state index < -0.39 is 10.0 Å². The Morgan fingerprint density at radius 3 is 2.25 bits per heavy atom. The van der Waals surface area contributed by atoms with Crippen LogP contribution in [0.4, 0.5) is 0 Å². The van der Waals surface area contributed by atoms with Crippen LogP contribution in [0.1, 0.15) is 36.0 Å². The van der Waals surface area contributed by atoms with Gasteiger partial charge in [0.15, 0.2) is 0 Å². The number of hydrogen-bond donors (Lipinski definition) is 2. The summed E-state index contributed by atoms with van der Waals surface area (Å²) in [5.74, 6) is 0.345. The molecule has 0 saturated carbocycles. The molecule has 1 aromatic rings. The number of benzene rings is 1. The maximum absolute atomic E-state index is 12.7. The highest BCUT2D eigenvalue weighted by Gasteiger charge is 2.25. The molecule has 0 bridgehead atoms. The molecule has 2 fully saturated rings. The largest absolute Gasteiger partial charge is 0.352 e. The van der Waals surface area contributed by atoms with Crippen molar-refractivity contribution in [2.75, 3.05) is 32.7 Å². The van der Waals surface area contributed by atoms with Crippen molar-refractivity contribution in [2.45, 2.75) is 30.6 Å². The van der Waals surface area contributed by atoms with Crippen LogP contribution < -0.4 is 10.6 Å². The molecule has 0 aromatic heterocycles. The van der Waals surface area contributed by atoms with Gasteiger partial charge in [-0.25, -0.2) is 8.42 Å². The van der Waals surface area contributed by atoms with E-state index in [1.54, 1.807) is 28.6 Å². The fourth-order valence-corrected chi connectivity index (χ4v) is 4.56. The van der Waals surface area contributed by atoms with E-state index in [2.05, 4.69) is 10.6 Å². The molecular weight excluding hydrogens is 326 g/mol. The minimum atomic E-state index is -3.46. The molecule has 2 aliphatic rings. The lowest BCUT2D eigenvalue weighted by molar-refractivity contribution is 0.0942. The van der Waals surface area contributed by atoms with Crippen molar-refractivity contribution >= 4 is 15.9 Å². The first kappa shape index (κ1) is 17.4. The molecule has 0 spiro atoms. The number of carbonyl (C=O) groups excluding carboxylic acids is 1. The summed E-state index contributed by atoms with van der Waals surface area (Å²) in [6, 6.07) is 6.28. The van der Waals surface area contributed by atoms with Crippen LogP contribution in [0.2, 0.25) is 0 Å². The van der Waals surface area contributed by atoms with Crippen LogP contribution in [0.5, 0.6) is 0 Å². The van der Waals surface area contributed by atoms with E-state index in [0.717, 1.165) is 38.8 Å². The van der Waals surface area contributed by atoms with Gasteiger partial charge >= 0.3 is 0 Å². The molecule has 132 valence electrons. The monoisotopic (exact) mass is 351 g/mol. The van der Waals surface area contributed by atoms with Gasteiger partial charge < -0.3 is 10.6 Å². The van der Waals surface area contributed by atoms with E-state index in [1.165, 1.54) is 0 Å². The fraction of sp³-hybridized carbons (Fsp3) is 0.588. The van der Waals surface area contributed by atoms with Gasteiger partial charge in [-0.2, -0.15) is 4.31 Å². The Morgan fingerprint density at radius 1 is 1.08 bits per heavy atom. The Kier molecular flexibility index (Phi) is 5.53. The summed E-state index contributed by atoms with van der Waals surface area (Å²) >= 11 is 0. The van der Waals surface area contributed by atoms with E-state index in [4.69, 9.17) is 0 Å². The molecule has 0 atom stereocenters.